The lowest BCUT2D eigenvalue weighted by Gasteiger charge is -2.42. The average molecular weight is 155 g/mol. The second kappa shape index (κ2) is 2.46. The largest absolute Gasteiger partial charge is 0.393 e. The summed E-state index contributed by atoms with van der Waals surface area (Å²) in [5, 5.41) is 9.21. The topological polar surface area (TPSA) is 23.5 Å². The Balaban J connectivity index is 1.89. The average Bonchev–Trinajstić information content (AvgIpc) is 2.31. The minimum Gasteiger partial charge on any atom is -0.393 e. The molecule has 1 heterocycles. The van der Waals surface area contributed by atoms with Crippen LogP contribution in [-0.4, -0.2) is 35.7 Å². The summed E-state index contributed by atoms with van der Waals surface area (Å²) in [6, 6.07) is 0. The molecule has 1 aliphatic heterocycles. The maximum absolute atomic E-state index is 9.21. The van der Waals surface area contributed by atoms with Crippen molar-refractivity contribution in [3.63, 3.8) is 0 Å². The van der Waals surface area contributed by atoms with E-state index in [2.05, 4.69) is 11.8 Å². The van der Waals surface area contributed by atoms with Crippen LogP contribution in [-0.2, 0) is 0 Å². The van der Waals surface area contributed by atoms with E-state index in [1.54, 1.807) is 0 Å². The number of aliphatic hydroxyl groups excluding tert-OH is 1. The van der Waals surface area contributed by atoms with E-state index < -0.39 is 0 Å². The van der Waals surface area contributed by atoms with Crippen LogP contribution in [0.4, 0.5) is 0 Å². The molecule has 0 bridgehead atoms. The van der Waals surface area contributed by atoms with Crippen LogP contribution in [0.1, 0.15) is 26.2 Å². The highest BCUT2D eigenvalue weighted by Gasteiger charge is 2.47. The van der Waals surface area contributed by atoms with E-state index in [0.29, 0.717) is 5.41 Å². The van der Waals surface area contributed by atoms with Gasteiger partial charge in [-0.3, -0.25) is 0 Å². The molecule has 2 aliphatic rings. The van der Waals surface area contributed by atoms with Gasteiger partial charge in [-0.25, -0.2) is 0 Å². The quantitative estimate of drug-likeness (QED) is 0.607. The van der Waals surface area contributed by atoms with Gasteiger partial charge in [0, 0.05) is 6.54 Å². The fourth-order valence-electron chi connectivity index (χ4n) is 2.57. The van der Waals surface area contributed by atoms with Gasteiger partial charge in [-0.1, -0.05) is 6.92 Å². The first kappa shape index (κ1) is 7.56. The first-order valence-electron chi connectivity index (χ1n) is 4.64. The van der Waals surface area contributed by atoms with Crippen molar-refractivity contribution in [2.24, 2.45) is 5.41 Å². The maximum Gasteiger partial charge on any atom is 0.0551 e. The van der Waals surface area contributed by atoms with Gasteiger partial charge in [-0.15, -0.1) is 0 Å². The number of aliphatic hydroxyl groups is 1. The van der Waals surface area contributed by atoms with Crippen molar-refractivity contribution in [2.45, 2.75) is 32.3 Å². The fourth-order valence-corrected chi connectivity index (χ4v) is 2.57. The molecule has 1 N–H and O–H groups in total. The van der Waals surface area contributed by atoms with E-state index in [1.807, 2.05) is 0 Å². The van der Waals surface area contributed by atoms with Crippen LogP contribution in [0.15, 0.2) is 0 Å². The Kier molecular flexibility index (Phi) is 1.69. The second-order valence-electron chi connectivity index (χ2n) is 4.18. The Hall–Kier alpha value is -0.0800. The Labute approximate surface area is 68.2 Å². The fraction of sp³-hybridized carbons (Fsp3) is 1.00. The molecule has 0 atom stereocenters. The van der Waals surface area contributed by atoms with Gasteiger partial charge in [0.15, 0.2) is 0 Å². The lowest BCUT2D eigenvalue weighted by atomic mass is 9.66. The summed E-state index contributed by atoms with van der Waals surface area (Å²) < 4.78 is 0. The van der Waals surface area contributed by atoms with Crippen LogP contribution in [0.2, 0.25) is 0 Å². The Morgan fingerprint density at radius 3 is 2.73 bits per heavy atom. The minimum absolute atomic E-state index is 0.0202. The molecule has 64 valence electrons. The zero-order valence-electron chi connectivity index (χ0n) is 7.21. The van der Waals surface area contributed by atoms with Crippen LogP contribution in [0, 0.1) is 5.41 Å². The van der Waals surface area contributed by atoms with Crippen LogP contribution >= 0.6 is 0 Å². The highest BCUT2D eigenvalue weighted by Crippen LogP contribution is 2.47. The van der Waals surface area contributed by atoms with Crippen molar-refractivity contribution in [2.75, 3.05) is 19.6 Å². The summed E-state index contributed by atoms with van der Waals surface area (Å²) in [7, 11) is 0. The lowest BCUT2D eigenvalue weighted by molar-refractivity contribution is -0.0248. The molecule has 11 heavy (non-hydrogen) atoms. The number of rotatable bonds is 1. The summed E-state index contributed by atoms with van der Waals surface area (Å²) in [5.74, 6) is 0. The predicted octanol–water partition coefficient (Wildman–Crippen LogP) is 0.853. The van der Waals surface area contributed by atoms with Crippen LogP contribution in [0.25, 0.3) is 0 Å². The summed E-state index contributed by atoms with van der Waals surface area (Å²) in [5.41, 5.74) is 0.537. The molecule has 0 amide bonds. The van der Waals surface area contributed by atoms with Crippen molar-refractivity contribution in [3.05, 3.63) is 0 Å². The van der Waals surface area contributed by atoms with Crippen molar-refractivity contribution < 1.29 is 5.11 Å². The van der Waals surface area contributed by atoms with Crippen molar-refractivity contribution in [1.29, 1.82) is 0 Å². The zero-order chi connectivity index (χ0) is 7.90. The predicted molar refractivity (Wildman–Crippen MR) is 44.4 cm³/mol. The Morgan fingerprint density at radius 2 is 2.27 bits per heavy atom. The summed E-state index contributed by atoms with van der Waals surface area (Å²) in [4.78, 5) is 2.49. The summed E-state index contributed by atoms with van der Waals surface area (Å²) >= 11 is 0. The SMILES string of the molecule is CCN1CCC2(CC(O)C2)C1. The minimum atomic E-state index is 0.0202. The van der Waals surface area contributed by atoms with Crippen LogP contribution < -0.4 is 0 Å². The zero-order valence-corrected chi connectivity index (χ0v) is 7.21. The molecule has 0 radical (unpaired) electrons. The third-order valence-corrected chi connectivity index (χ3v) is 3.30. The van der Waals surface area contributed by atoms with E-state index >= 15 is 0 Å². The molecule has 1 spiro atoms. The van der Waals surface area contributed by atoms with Crippen molar-refractivity contribution in [1.82, 2.24) is 4.90 Å². The number of hydrogen-bond acceptors (Lipinski definition) is 2. The number of nitrogens with zero attached hydrogens (tertiary/aromatic N) is 1. The first-order chi connectivity index (χ1) is 5.24. The molecule has 0 aromatic carbocycles. The van der Waals surface area contributed by atoms with E-state index in [0.717, 1.165) is 12.8 Å². The highest BCUT2D eigenvalue weighted by atomic mass is 16.3. The molecule has 1 saturated heterocycles. The van der Waals surface area contributed by atoms with Gasteiger partial charge in [0.25, 0.3) is 0 Å². The smallest absolute Gasteiger partial charge is 0.0551 e. The third-order valence-electron chi connectivity index (χ3n) is 3.30. The molecular formula is C9H17NO. The monoisotopic (exact) mass is 155 g/mol. The van der Waals surface area contributed by atoms with Gasteiger partial charge in [-0.05, 0) is 37.8 Å². The lowest BCUT2D eigenvalue weighted by Crippen LogP contribution is -2.42. The standard InChI is InChI=1S/C9H17NO/c1-2-10-4-3-9(7-10)5-8(11)6-9/h8,11H,2-7H2,1H3. The van der Waals surface area contributed by atoms with E-state index in [4.69, 9.17) is 0 Å². The van der Waals surface area contributed by atoms with Gasteiger partial charge in [-0.2, -0.15) is 0 Å². The van der Waals surface area contributed by atoms with Crippen molar-refractivity contribution in [3.8, 4) is 0 Å². The molecule has 0 aromatic heterocycles. The molecule has 0 aromatic rings. The second-order valence-corrected chi connectivity index (χ2v) is 4.18. The Bertz CT molecular complexity index is 152. The molecule has 2 fully saturated rings. The summed E-state index contributed by atoms with van der Waals surface area (Å²) in [6.07, 6.45) is 3.46. The molecular weight excluding hydrogens is 138 g/mol. The third kappa shape index (κ3) is 1.18. The molecule has 2 heteroatoms. The van der Waals surface area contributed by atoms with Gasteiger partial charge in [0.2, 0.25) is 0 Å². The molecule has 2 nitrogen and oxygen atoms in total. The van der Waals surface area contributed by atoms with Gasteiger partial charge >= 0.3 is 0 Å². The molecule has 0 unspecified atom stereocenters. The van der Waals surface area contributed by atoms with Gasteiger partial charge in [0.1, 0.15) is 0 Å². The van der Waals surface area contributed by atoms with E-state index in [1.165, 1.54) is 26.1 Å². The van der Waals surface area contributed by atoms with Gasteiger partial charge < -0.3 is 10.0 Å². The first-order valence-corrected chi connectivity index (χ1v) is 4.64. The molecule has 2 rings (SSSR count). The highest BCUT2D eigenvalue weighted by molar-refractivity contribution is 4.99. The van der Waals surface area contributed by atoms with Crippen LogP contribution in [0.5, 0.6) is 0 Å². The summed E-state index contributed by atoms with van der Waals surface area (Å²) in [6.45, 7) is 5.88. The van der Waals surface area contributed by atoms with Crippen LogP contribution in [0.3, 0.4) is 0 Å². The molecule has 1 saturated carbocycles. The molecule has 1 aliphatic carbocycles. The van der Waals surface area contributed by atoms with Gasteiger partial charge in [0.05, 0.1) is 6.10 Å². The number of likely N-dealkylation sites (tertiary alicyclic amines) is 1. The Morgan fingerprint density at radius 1 is 1.55 bits per heavy atom. The van der Waals surface area contributed by atoms with Crippen molar-refractivity contribution >= 4 is 0 Å². The van der Waals surface area contributed by atoms with E-state index in [-0.39, 0.29) is 6.10 Å². The number of hydrogen-bond donors (Lipinski definition) is 1. The normalized spacial score (nSPS) is 44.7. The maximum atomic E-state index is 9.21. The van der Waals surface area contributed by atoms with E-state index in [9.17, 15) is 5.11 Å².